The van der Waals surface area contributed by atoms with E-state index in [0.717, 1.165) is 12.0 Å². The van der Waals surface area contributed by atoms with Crippen LogP contribution in [-0.2, 0) is 25.6 Å². The van der Waals surface area contributed by atoms with Crippen LogP contribution < -0.4 is 16.1 Å². The highest BCUT2D eigenvalue weighted by molar-refractivity contribution is 5.89. The monoisotopic (exact) mass is 421 g/mol. The van der Waals surface area contributed by atoms with Gasteiger partial charge in [-0.1, -0.05) is 44.2 Å². The molecule has 0 spiro atoms. The first-order valence-corrected chi connectivity index (χ1v) is 10.1. The fourth-order valence-electron chi connectivity index (χ4n) is 3.06. The van der Waals surface area contributed by atoms with E-state index < -0.39 is 35.7 Å². The van der Waals surface area contributed by atoms with Gasteiger partial charge in [0.15, 0.2) is 0 Å². The SMILES string of the molecule is CCCNC(=O)CCC[C@@H](C(=O)N[C@@H](Cc1ccccc1)C(=O)O)[C@H](C)C(=O)NO. The Kier molecular flexibility index (Phi) is 11.1. The smallest absolute Gasteiger partial charge is 0.326 e. The Morgan fingerprint density at radius 1 is 1.07 bits per heavy atom. The number of hydrogen-bond acceptors (Lipinski definition) is 5. The van der Waals surface area contributed by atoms with Gasteiger partial charge in [0, 0.05) is 31.2 Å². The van der Waals surface area contributed by atoms with Crippen LogP contribution in [0, 0.1) is 11.8 Å². The molecule has 0 saturated heterocycles. The van der Waals surface area contributed by atoms with E-state index in [1.807, 2.05) is 6.92 Å². The van der Waals surface area contributed by atoms with E-state index in [4.69, 9.17) is 5.21 Å². The molecular weight excluding hydrogens is 390 g/mol. The lowest BCUT2D eigenvalue weighted by atomic mass is 9.87. The van der Waals surface area contributed by atoms with Crippen LogP contribution in [-0.4, -0.2) is 46.6 Å². The van der Waals surface area contributed by atoms with Crippen LogP contribution in [0.25, 0.3) is 0 Å². The van der Waals surface area contributed by atoms with Crippen molar-refractivity contribution < 1.29 is 29.5 Å². The van der Waals surface area contributed by atoms with Crippen molar-refractivity contribution in [3.8, 4) is 0 Å². The number of benzene rings is 1. The summed E-state index contributed by atoms with van der Waals surface area (Å²) in [6.45, 7) is 3.97. The highest BCUT2D eigenvalue weighted by Crippen LogP contribution is 2.20. The second-order valence-corrected chi connectivity index (χ2v) is 7.20. The molecule has 0 unspecified atom stereocenters. The first-order valence-electron chi connectivity index (χ1n) is 10.1. The predicted octanol–water partition coefficient (Wildman–Crippen LogP) is 1.25. The molecule has 5 N–H and O–H groups in total. The zero-order valence-corrected chi connectivity index (χ0v) is 17.4. The zero-order valence-electron chi connectivity index (χ0n) is 17.4. The van der Waals surface area contributed by atoms with Gasteiger partial charge in [0.2, 0.25) is 17.7 Å². The minimum atomic E-state index is -1.19. The van der Waals surface area contributed by atoms with Crippen LogP contribution in [0.5, 0.6) is 0 Å². The Morgan fingerprint density at radius 2 is 1.73 bits per heavy atom. The van der Waals surface area contributed by atoms with Gasteiger partial charge in [-0.2, -0.15) is 0 Å². The number of carboxylic acids is 1. The number of carboxylic acid groups (broad SMARTS) is 1. The Bertz CT molecular complexity index is 710. The van der Waals surface area contributed by atoms with E-state index in [-0.39, 0.29) is 25.2 Å². The summed E-state index contributed by atoms with van der Waals surface area (Å²) in [5.74, 6) is -4.50. The molecule has 3 amide bonds. The van der Waals surface area contributed by atoms with E-state index >= 15 is 0 Å². The van der Waals surface area contributed by atoms with Gasteiger partial charge >= 0.3 is 5.97 Å². The minimum absolute atomic E-state index is 0.0919. The van der Waals surface area contributed by atoms with Crippen LogP contribution in [0.4, 0.5) is 0 Å². The molecule has 0 bridgehead atoms. The molecule has 0 heterocycles. The lowest BCUT2D eigenvalue weighted by molar-refractivity contribution is -0.144. The van der Waals surface area contributed by atoms with E-state index in [2.05, 4.69) is 10.6 Å². The van der Waals surface area contributed by atoms with Gasteiger partial charge in [-0.15, -0.1) is 0 Å². The summed E-state index contributed by atoms with van der Waals surface area (Å²) in [6, 6.07) is 7.71. The number of aliphatic carboxylic acids is 1. The molecule has 9 nitrogen and oxygen atoms in total. The van der Waals surface area contributed by atoms with Gasteiger partial charge < -0.3 is 15.7 Å². The zero-order chi connectivity index (χ0) is 22.5. The van der Waals surface area contributed by atoms with Gasteiger partial charge in [-0.25, -0.2) is 10.3 Å². The van der Waals surface area contributed by atoms with Crippen LogP contribution in [0.3, 0.4) is 0 Å². The molecule has 0 aromatic heterocycles. The summed E-state index contributed by atoms with van der Waals surface area (Å²) in [6.07, 6.45) is 1.62. The maximum absolute atomic E-state index is 12.8. The van der Waals surface area contributed by atoms with Crippen molar-refractivity contribution in [1.82, 2.24) is 16.1 Å². The van der Waals surface area contributed by atoms with Crippen molar-refractivity contribution in [1.29, 1.82) is 0 Å². The van der Waals surface area contributed by atoms with Crippen molar-refractivity contribution in [2.45, 2.75) is 52.0 Å². The van der Waals surface area contributed by atoms with Gasteiger partial charge in [0.1, 0.15) is 6.04 Å². The van der Waals surface area contributed by atoms with Crippen LogP contribution in [0.1, 0.15) is 45.1 Å². The molecule has 3 atom stereocenters. The number of carbonyl (C=O) groups is 4. The second-order valence-electron chi connectivity index (χ2n) is 7.20. The molecule has 9 heteroatoms. The third-order valence-corrected chi connectivity index (χ3v) is 4.85. The van der Waals surface area contributed by atoms with Gasteiger partial charge in [-0.3, -0.25) is 19.6 Å². The number of hydroxylamine groups is 1. The molecule has 30 heavy (non-hydrogen) atoms. The first kappa shape index (κ1) is 25.1. The fraction of sp³-hybridized carbons (Fsp3) is 0.524. The van der Waals surface area contributed by atoms with E-state index in [1.54, 1.807) is 30.3 Å². The second kappa shape index (κ2) is 13.3. The number of carbonyl (C=O) groups excluding carboxylic acids is 3. The largest absolute Gasteiger partial charge is 0.480 e. The third kappa shape index (κ3) is 8.60. The highest BCUT2D eigenvalue weighted by atomic mass is 16.5. The van der Waals surface area contributed by atoms with E-state index in [1.165, 1.54) is 12.4 Å². The molecule has 1 aromatic carbocycles. The Balaban J connectivity index is 2.82. The summed E-state index contributed by atoms with van der Waals surface area (Å²) in [5.41, 5.74) is 2.27. The number of nitrogens with one attached hydrogen (secondary N) is 3. The third-order valence-electron chi connectivity index (χ3n) is 4.85. The molecule has 0 aliphatic heterocycles. The highest BCUT2D eigenvalue weighted by Gasteiger charge is 2.32. The summed E-state index contributed by atoms with van der Waals surface area (Å²) < 4.78 is 0. The summed E-state index contributed by atoms with van der Waals surface area (Å²) in [4.78, 5) is 48.1. The van der Waals surface area contributed by atoms with Crippen molar-refractivity contribution >= 4 is 23.7 Å². The average Bonchev–Trinajstić information content (AvgIpc) is 2.74. The Morgan fingerprint density at radius 3 is 2.30 bits per heavy atom. The first-order chi connectivity index (χ1) is 14.3. The molecule has 0 fully saturated rings. The average molecular weight is 421 g/mol. The molecule has 0 saturated carbocycles. The van der Waals surface area contributed by atoms with Crippen molar-refractivity contribution in [2.75, 3.05) is 6.54 Å². The number of rotatable bonds is 13. The van der Waals surface area contributed by atoms with Crippen molar-refractivity contribution in [2.24, 2.45) is 11.8 Å². The predicted molar refractivity (Wildman–Crippen MR) is 109 cm³/mol. The quantitative estimate of drug-likeness (QED) is 0.239. The lowest BCUT2D eigenvalue weighted by Crippen LogP contribution is -2.48. The van der Waals surface area contributed by atoms with Crippen LogP contribution >= 0.6 is 0 Å². The number of amides is 3. The Hall–Kier alpha value is -2.94. The van der Waals surface area contributed by atoms with Gasteiger partial charge in [0.05, 0.1) is 0 Å². The maximum atomic E-state index is 12.8. The normalized spacial score (nSPS) is 13.6. The van der Waals surface area contributed by atoms with Crippen molar-refractivity contribution in [3.05, 3.63) is 35.9 Å². The van der Waals surface area contributed by atoms with E-state index in [9.17, 15) is 24.3 Å². The molecule has 0 aliphatic carbocycles. The molecular formula is C21H31N3O6. The molecule has 1 aromatic rings. The van der Waals surface area contributed by atoms with Gasteiger partial charge in [0.25, 0.3) is 0 Å². The van der Waals surface area contributed by atoms with Gasteiger partial charge in [-0.05, 0) is 24.8 Å². The fourth-order valence-corrected chi connectivity index (χ4v) is 3.06. The molecule has 166 valence electrons. The maximum Gasteiger partial charge on any atom is 0.326 e. The van der Waals surface area contributed by atoms with E-state index in [0.29, 0.717) is 13.0 Å². The summed E-state index contributed by atoms with van der Waals surface area (Å²) >= 11 is 0. The number of hydrogen-bond donors (Lipinski definition) is 5. The minimum Gasteiger partial charge on any atom is -0.480 e. The molecule has 1 rings (SSSR count). The lowest BCUT2D eigenvalue weighted by Gasteiger charge is -2.24. The van der Waals surface area contributed by atoms with Crippen molar-refractivity contribution in [3.63, 3.8) is 0 Å². The standard InChI is InChI=1S/C21H31N3O6/c1-3-12-22-18(25)11-7-10-16(14(2)19(26)24-30)20(27)23-17(21(28)29)13-15-8-5-4-6-9-15/h4-6,8-9,14,16-17,30H,3,7,10-13H2,1-2H3,(H,22,25)(H,23,27)(H,24,26)(H,28,29)/t14-,16+,17-/m0/s1. The molecule has 0 aliphatic rings. The summed E-state index contributed by atoms with van der Waals surface area (Å²) in [7, 11) is 0. The topological polar surface area (TPSA) is 145 Å². The Labute approximate surface area is 176 Å². The summed E-state index contributed by atoms with van der Waals surface area (Å²) in [5, 5.41) is 23.7. The van der Waals surface area contributed by atoms with Crippen LogP contribution in [0.15, 0.2) is 30.3 Å². The molecule has 0 radical (unpaired) electrons. The van der Waals surface area contributed by atoms with Crippen LogP contribution in [0.2, 0.25) is 0 Å².